The van der Waals surface area contributed by atoms with Gasteiger partial charge in [0.1, 0.15) is 0 Å². The molecule has 4 heterocycles. The van der Waals surface area contributed by atoms with Gasteiger partial charge >= 0.3 is 0 Å². The molecule has 1 atom stereocenters. The number of rotatable bonds is 5. The molecule has 1 aromatic carbocycles. The quantitative estimate of drug-likeness (QED) is 0.405. The van der Waals surface area contributed by atoms with Crippen LogP contribution in [0.3, 0.4) is 0 Å². The van der Waals surface area contributed by atoms with Crippen molar-refractivity contribution in [2.75, 3.05) is 6.54 Å². The van der Waals surface area contributed by atoms with E-state index in [2.05, 4.69) is 46.2 Å². The number of amides is 1. The van der Waals surface area contributed by atoms with E-state index in [-0.39, 0.29) is 11.9 Å². The number of benzene rings is 1. The molecule has 0 radical (unpaired) electrons. The second-order valence-corrected chi connectivity index (χ2v) is 9.27. The summed E-state index contributed by atoms with van der Waals surface area (Å²) in [5, 5.41) is 8.64. The molecule has 4 nitrogen and oxygen atoms in total. The summed E-state index contributed by atoms with van der Waals surface area (Å²) in [6.45, 7) is 1.46. The zero-order chi connectivity index (χ0) is 20.3. The SMILES string of the molecule is O=C(C=Cc1cnn(Cc2ccccc2)c1)N1CCc2sccc2C1c1cccs1. The van der Waals surface area contributed by atoms with Crippen LogP contribution in [0.4, 0.5) is 0 Å². The predicted octanol–water partition coefficient (Wildman–Crippen LogP) is 5.24. The molecule has 0 fully saturated rings. The van der Waals surface area contributed by atoms with Crippen LogP contribution in [-0.4, -0.2) is 27.1 Å². The molecule has 5 rings (SSSR count). The second-order valence-electron chi connectivity index (χ2n) is 7.29. The molecule has 1 aliphatic rings. The van der Waals surface area contributed by atoms with Crippen molar-refractivity contribution >= 4 is 34.7 Å². The minimum atomic E-state index is 0.0120. The van der Waals surface area contributed by atoms with Gasteiger partial charge in [0.25, 0.3) is 0 Å². The lowest BCUT2D eigenvalue weighted by atomic mass is 9.98. The fraction of sp³-hybridized carbons (Fsp3) is 0.167. The molecule has 1 amide bonds. The average Bonchev–Trinajstić information content (AvgIpc) is 3.53. The number of fused-ring (bicyclic) bond motifs is 1. The Morgan fingerprint density at radius 3 is 2.83 bits per heavy atom. The molecule has 0 aliphatic carbocycles. The Morgan fingerprint density at radius 2 is 2.00 bits per heavy atom. The third-order valence-corrected chi connectivity index (χ3v) is 7.24. The number of carbonyl (C=O) groups excluding carboxylic acids is 1. The number of carbonyl (C=O) groups is 1. The summed E-state index contributed by atoms with van der Waals surface area (Å²) in [6.07, 6.45) is 8.24. The summed E-state index contributed by atoms with van der Waals surface area (Å²) >= 11 is 3.50. The molecule has 0 bridgehead atoms. The number of hydrogen-bond acceptors (Lipinski definition) is 4. The minimum Gasteiger partial charge on any atom is -0.327 e. The molecule has 150 valence electrons. The average molecular weight is 432 g/mol. The highest BCUT2D eigenvalue weighted by Gasteiger charge is 2.32. The highest BCUT2D eigenvalue weighted by atomic mass is 32.1. The Hall–Kier alpha value is -2.96. The first-order valence-electron chi connectivity index (χ1n) is 9.92. The fourth-order valence-corrected chi connectivity index (χ4v) is 5.65. The highest BCUT2D eigenvalue weighted by Crippen LogP contribution is 2.39. The smallest absolute Gasteiger partial charge is 0.247 e. The summed E-state index contributed by atoms with van der Waals surface area (Å²) in [6, 6.07) is 16.6. The van der Waals surface area contributed by atoms with Gasteiger partial charge in [0.05, 0.1) is 18.8 Å². The molecule has 1 unspecified atom stereocenters. The van der Waals surface area contributed by atoms with Gasteiger partial charge in [0.2, 0.25) is 5.91 Å². The Labute approximate surface area is 183 Å². The van der Waals surface area contributed by atoms with Crippen molar-refractivity contribution < 1.29 is 4.79 Å². The maximum absolute atomic E-state index is 13.1. The molecule has 3 aromatic heterocycles. The third-order valence-electron chi connectivity index (χ3n) is 5.32. The maximum Gasteiger partial charge on any atom is 0.247 e. The van der Waals surface area contributed by atoms with Crippen LogP contribution >= 0.6 is 22.7 Å². The summed E-state index contributed by atoms with van der Waals surface area (Å²) in [5.41, 5.74) is 3.40. The van der Waals surface area contributed by atoms with E-state index in [1.165, 1.54) is 20.9 Å². The number of hydrogen-bond donors (Lipinski definition) is 0. The molecular formula is C24H21N3OS2. The number of thiophene rings is 2. The predicted molar refractivity (Wildman–Crippen MR) is 123 cm³/mol. The minimum absolute atomic E-state index is 0.0120. The van der Waals surface area contributed by atoms with Crippen LogP contribution in [0.15, 0.2) is 77.8 Å². The molecule has 1 aliphatic heterocycles. The fourth-order valence-electron chi connectivity index (χ4n) is 3.89. The van der Waals surface area contributed by atoms with Crippen molar-refractivity contribution in [2.45, 2.75) is 19.0 Å². The van der Waals surface area contributed by atoms with Crippen LogP contribution < -0.4 is 0 Å². The summed E-state index contributed by atoms with van der Waals surface area (Å²) < 4.78 is 1.90. The van der Waals surface area contributed by atoms with Gasteiger partial charge in [0, 0.05) is 34.1 Å². The molecular weight excluding hydrogens is 410 g/mol. The Kier molecular flexibility index (Phi) is 5.34. The van der Waals surface area contributed by atoms with Gasteiger partial charge in [-0.25, -0.2) is 0 Å². The van der Waals surface area contributed by atoms with E-state index in [0.29, 0.717) is 0 Å². The molecule has 4 aromatic rings. The van der Waals surface area contributed by atoms with Gasteiger partial charge in [-0.3, -0.25) is 9.48 Å². The van der Waals surface area contributed by atoms with E-state index in [9.17, 15) is 4.79 Å². The number of nitrogens with zero attached hydrogens (tertiary/aromatic N) is 3. The Morgan fingerprint density at radius 1 is 1.10 bits per heavy atom. The van der Waals surface area contributed by atoms with Crippen LogP contribution in [-0.2, 0) is 17.8 Å². The Bertz CT molecular complexity index is 1160. The van der Waals surface area contributed by atoms with Crippen molar-refractivity contribution in [1.82, 2.24) is 14.7 Å². The van der Waals surface area contributed by atoms with Crippen molar-refractivity contribution in [1.29, 1.82) is 0 Å². The first-order valence-corrected chi connectivity index (χ1v) is 11.7. The van der Waals surface area contributed by atoms with E-state index in [0.717, 1.165) is 25.1 Å². The van der Waals surface area contributed by atoms with Crippen LogP contribution in [0.5, 0.6) is 0 Å². The monoisotopic (exact) mass is 431 g/mol. The summed E-state index contributed by atoms with van der Waals surface area (Å²) in [4.78, 5) is 17.7. The van der Waals surface area contributed by atoms with Crippen molar-refractivity contribution in [2.24, 2.45) is 0 Å². The van der Waals surface area contributed by atoms with Crippen LogP contribution in [0, 0.1) is 0 Å². The van der Waals surface area contributed by atoms with Crippen molar-refractivity contribution in [3.05, 3.63) is 104 Å². The topological polar surface area (TPSA) is 38.1 Å². The number of aromatic nitrogens is 2. The van der Waals surface area contributed by atoms with Crippen molar-refractivity contribution in [3.63, 3.8) is 0 Å². The van der Waals surface area contributed by atoms with Gasteiger partial charge in [-0.2, -0.15) is 5.10 Å². The molecule has 0 N–H and O–H groups in total. The summed E-state index contributed by atoms with van der Waals surface area (Å²) in [5.74, 6) is 0.0426. The maximum atomic E-state index is 13.1. The van der Waals surface area contributed by atoms with E-state index < -0.39 is 0 Å². The second kappa shape index (κ2) is 8.42. The summed E-state index contributed by atoms with van der Waals surface area (Å²) in [7, 11) is 0. The molecule has 30 heavy (non-hydrogen) atoms. The van der Waals surface area contributed by atoms with E-state index in [4.69, 9.17) is 0 Å². The lowest BCUT2D eigenvalue weighted by Gasteiger charge is -2.34. The zero-order valence-electron chi connectivity index (χ0n) is 16.3. The molecule has 0 spiro atoms. The van der Waals surface area contributed by atoms with Gasteiger partial charge in [-0.1, -0.05) is 36.4 Å². The zero-order valence-corrected chi connectivity index (χ0v) is 18.0. The van der Waals surface area contributed by atoms with Crippen molar-refractivity contribution in [3.8, 4) is 0 Å². The highest BCUT2D eigenvalue weighted by molar-refractivity contribution is 7.10. The normalized spacial score (nSPS) is 16.1. The van der Waals surface area contributed by atoms with E-state index >= 15 is 0 Å². The Balaban J connectivity index is 1.33. The van der Waals surface area contributed by atoms with Gasteiger partial charge in [0.15, 0.2) is 0 Å². The molecule has 0 saturated carbocycles. The van der Waals surface area contributed by atoms with Crippen LogP contribution in [0.2, 0.25) is 0 Å². The lowest BCUT2D eigenvalue weighted by Crippen LogP contribution is -2.38. The molecule has 6 heteroatoms. The standard InChI is InChI=1S/C24H21N3OS2/c28-23(9-8-19-15-25-26(17-19)16-18-5-2-1-3-6-18)27-12-10-21-20(11-14-30-21)24(27)22-7-4-13-29-22/h1-9,11,13-15,17,24H,10,12,16H2. The lowest BCUT2D eigenvalue weighted by molar-refractivity contribution is -0.127. The molecule has 0 saturated heterocycles. The first-order chi connectivity index (χ1) is 14.8. The van der Waals surface area contributed by atoms with Gasteiger partial charge in [-0.05, 0) is 46.5 Å². The van der Waals surface area contributed by atoms with Gasteiger partial charge in [-0.15, -0.1) is 22.7 Å². The van der Waals surface area contributed by atoms with E-state index in [1.807, 2.05) is 40.1 Å². The van der Waals surface area contributed by atoms with Crippen LogP contribution in [0.1, 0.15) is 32.5 Å². The van der Waals surface area contributed by atoms with Crippen LogP contribution in [0.25, 0.3) is 6.08 Å². The van der Waals surface area contributed by atoms with Gasteiger partial charge < -0.3 is 4.90 Å². The largest absolute Gasteiger partial charge is 0.327 e. The van der Waals surface area contributed by atoms with E-state index in [1.54, 1.807) is 34.9 Å². The third kappa shape index (κ3) is 3.88. The first kappa shape index (κ1) is 19.0.